The maximum atomic E-state index is 13.2. The maximum Gasteiger partial charge on any atom is 0.227 e. The summed E-state index contributed by atoms with van der Waals surface area (Å²) < 4.78 is 6.41. The molecule has 7 nitrogen and oxygen atoms in total. The van der Waals surface area contributed by atoms with Crippen molar-refractivity contribution in [3.05, 3.63) is 27.8 Å². The molecular weight excluding hydrogens is 442 g/mol. The second-order valence-corrected chi connectivity index (χ2v) is 10.5. The lowest BCUT2D eigenvalue weighted by Gasteiger charge is -2.44. The fourth-order valence-corrected chi connectivity index (χ4v) is 5.55. The highest BCUT2D eigenvalue weighted by atomic mass is 35.5. The van der Waals surface area contributed by atoms with Crippen LogP contribution in [0.4, 0.5) is 0 Å². The molecule has 4 rings (SSSR count). The van der Waals surface area contributed by atoms with Gasteiger partial charge in [-0.2, -0.15) is 0 Å². The van der Waals surface area contributed by atoms with E-state index in [1.807, 2.05) is 43.8 Å². The van der Waals surface area contributed by atoms with Crippen molar-refractivity contribution in [1.82, 2.24) is 14.7 Å². The Balaban J connectivity index is 1.37. The number of aryl methyl sites for hydroxylation is 1. The van der Waals surface area contributed by atoms with Crippen molar-refractivity contribution in [2.24, 2.45) is 5.92 Å². The van der Waals surface area contributed by atoms with Gasteiger partial charge in [-0.05, 0) is 58.1 Å². The zero-order chi connectivity index (χ0) is 23.9. The third-order valence-electron chi connectivity index (χ3n) is 7.32. The number of hydrogen-bond acceptors (Lipinski definition) is 5. The Labute approximate surface area is 201 Å². The van der Waals surface area contributed by atoms with E-state index >= 15 is 0 Å². The minimum atomic E-state index is -0.572. The fourth-order valence-electron chi connectivity index (χ4n) is 5.40. The van der Waals surface area contributed by atoms with Crippen molar-refractivity contribution >= 4 is 29.2 Å². The van der Waals surface area contributed by atoms with Crippen molar-refractivity contribution < 1.29 is 19.1 Å². The van der Waals surface area contributed by atoms with E-state index in [4.69, 9.17) is 16.3 Å². The van der Waals surface area contributed by atoms with Crippen LogP contribution in [0.15, 0.2) is 6.07 Å². The normalized spacial score (nSPS) is 22.2. The monoisotopic (exact) mass is 475 g/mol. The SMILES string of the molecule is Cc1cc2c(c(C)c1Cl)C(=O)CC1(CCN(C(=O)C3CC(=O)N(CCCN(C)C)C3)CC1)O2. The molecule has 2 saturated heterocycles. The van der Waals surface area contributed by atoms with Gasteiger partial charge in [0, 0.05) is 50.5 Å². The van der Waals surface area contributed by atoms with Gasteiger partial charge in [0.25, 0.3) is 0 Å². The van der Waals surface area contributed by atoms with Gasteiger partial charge in [-0.1, -0.05) is 11.6 Å². The number of benzene rings is 1. The highest BCUT2D eigenvalue weighted by Gasteiger charge is 2.46. The number of rotatable bonds is 5. The molecule has 0 saturated carbocycles. The summed E-state index contributed by atoms with van der Waals surface area (Å²) in [6.07, 6.45) is 2.73. The molecule has 1 atom stereocenters. The number of carbonyl (C=O) groups is 3. The van der Waals surface area contributed by atoms with Crippen LogP contribution in [0, 0.1) is 19.8 Å². The van der Waals surface area contributed by atoms with Crippen LogP contribution >= 0.6 is 11.6 Å². The second kappa shape index (κ2) is 9.26. The zero-order valence-corrected chi connectivity index (χ0v) is 20.8. The molecule has 8 heteroatoms. The Kier molecular flexibility index (Phi) is 6.74. The first kappa shape index (κ1) is 24.0. The first-order chi connectivity index (χ1) is 15.6. The van der Waals surface area contributed by atoms with Crippen molar-refractivity contribution in [2.45, 2.75) is 51.6 Å². The summed E-state index contributed by atoms with van der Waals surface area (Å²) in [4.78, 5) is 44.3. The number of hydrogen-bond donors (Lipinski definition) is 0. The van der Waals surface area contributed by atoms with Crippen LogP contribution in [-0.2, 0) is 9.59 Å². The zero-order valence-electron chi connectivity index (χ0n) is 20.1. The van der Waals surface area contributed by atoms with Gasteiger partial charge in [-0.3, -0.25) is 14.4 Å². The van der Waals surface area contributed by atoms with E-state index in [9.17, 15) is 14.4 Å². The molecule has 2 amide bonds. The fraction of sp³-hybridized carbons (Fsp3) is 0.640. The number of Topliss-reactive ketones (excluding diaryl/α,β-unsaturated/α-hetero) is 1. The van der Waals surface area contributed by atoms with Crippen LogP contribution in [0.2, 0.25) is 5.02 Å². The minimum absolute atomic E-state index is 0.0503. The number of piperidine rings is 1. The van der Waals surface area contributed by atoms with Gasteiger partial charge in [0.05, 0.1) is 17.9 Å². The minimum Gasteiger partial charge on any atom is -0.486 e. The van der Waals surface area contributed by atoms with Gasteiger partial charge < -0.3 is 19.4 Å². The van der Waals surface area contributed by atoms with Gasteiger partial charge in [0.15, 0.2) is 5.78 Å². The number of ether oxygens (including phenoxy) is 1. The summed E-state index contributed by atoms with van der Waals surface area (Å²) in [5, 5.41) is 0.615. The molecule has 0 aromatic heterocycles. The first-order valence-electron chi connectivity index (χ1n) is 11.8. The van der Waals surface area contributed by atoms with Gasteiger partial charge in [-0.25, -0.2) is 0 Å². The third-order valence-corrected chi connectivity index (χ3v) is 7.90. The number of likely N-dealkylation sites (tertiary alicyclic amines) is 2. The quantitative estimate of drug-likeness (QED) is 0.654. The summed E-state index contributed by atoms with van der Waals surface area (Å²) in [7, 11) is 4.03. The molecule has 3 heterocycles. The largest absolute Gasteiger partial charge is 0.486 e. The van der Waals surface area contributed by atoms with Gasteiger partial charge >= 0.3 is 0 Å². The van der Waals surface area contributed by atoms with E-state index in [1.54, 1.807) is 0 Å². The number of fused-ring (bicyclic) bond motifs is 1. The summed E-state index contributed by atoms with van der Waals surface area (Å²) in [5.41, 5.74) is 1.69. The molecule has 0 bridgehead atoms. The van der Waals surface area contributed by atoms with Crippen molar-refractivity contribution in [3.63, 3.8) is 0 Å². The average molecular weight is 476 g/mol. The van der Waals surface area contributed by atoms with Gasteiger partial charge in [0.2, 0.25) is 11.8 Å². The Hall–Kier alpha value is -2.12. The van der Waals surface area contributed by atoms with Crippen LogP contribution in [0.25, 0.3) is 0 Å². The molecular formula is C25H34ClN3O4. The third kappa shape index (κ3) is 4.76. The van der Waals surface area contributed by atoms with E-state index < -0.39 is 5.60 Å². The van der Waals surface area contributed by atoms with E-state index in [1.165, 1.54) is 0 Å². The first-order valence-corrected chi connectivity index (χ1v) is 12.2. The number of halogens is 1. The van der Waals surface area contributed by atoms with E-state index in [0.29, 0.717) is 68.2 Å². The molecule has 1 aromatic carbocycles. The Bertz CT molecular complexity index is 969. The Morgan fingerprint density at radius 1 is 1.24 bits per heavy atom. The number of carbonyl (C=O) groups excluding carboxylic acids is 3. The lowest BCUT2D eigenvalue weighted by molar-refractivity contribution is -0.139. The van der Waals surface area contributed by atoms with Gasteiger partial charge in [0.1, 0.15) is 11.4 Å². The maximum absolute atomic E-state index is 13.2. The molecule has 0 N–H and O–H groups in total. The molecule has 3 aliphatic heterocycles. The standard InChI is InChI=1S/C25H34ClN3O4/c1-16-12-20-22(17(2)23(16)26)19(30)14-25(33-20)6-10-28(11-7-25)24(32)18-13-21(31)29(15-18)9-5-8-27(3)4/h12,18H,5-11,13-15H2,1-4H3. The predicted molar refractivity (Wildman–Crippen MR) is 127 cm³/mol. The van der Waals surface area contributed by atoms with Crippen LogP contribution in [0.3, 0.4) is 0 Å². The van der Waals surface area contributed by atoms with E-state index in [2.05, 4.69) is 4.90 Å². The van der Waals surface area contributed by atoms with Crippen LogP contribution in [0.5, 0.6) is 5.75 Å². The van der Waals surface area contributed by atoms with Crippen LogP contribution in [-0.4, -0.2) is 84.7 Å². The molecule has 1 spiro atoms. The topological polar surface area (TPSA) is 70.2 Å². The molecule has 0 aliphatic carbocycles. The molecule has 33 heavy (non-hydrogen) atoms. The predicted octanol–water partition coefficient (Wildman–Crippen LogP) is 3.08. The summed E-state index contributed by atoms with van der Waals surface area (Å²) >= 11 is 6.35. The van der Waals surface area contributed by atoms with Crippen molar-refractivity contribution in [2.75, 3.05) is 46.8 Å². The molecule has 2 fully saturated rings. The highest BCUT2D eigenvalue weighted by Crippen LogP contribution is 2.43. The van der Waals surface area contributed by atoms with Crippen LogP contribution in [0.1, 0.15) is 53.6 Å². The summed E-state index contributed by atoms with van der Waals surface area (Å²) in [5.74, 6) is 0.524. The molecule has 0 radical (unpaired) electrons. The summed E-state index contributed by atoms with van der Waals surface area (Å²) in [6, 6.07) is 1.86. The van der Waals surface area contributed by atoms with Gasteiger partial charge in [-0.15, -0.1) is 0 Å². The van der Waals surface area contributed by atoms with E-state index in [0.717, 1.165) is 24.1 Å². The lowest BCUT2D eigenvalue weighted by Crippen LogP contribution is -2.53. The van der Waals surface area contributed by atoms with Crippen LogP contribution < -0.4 is 4.74 Å². The Morgan fingerprint density at radius 3 is 2.61 bits per heavy atom. The molecule has 1 aromatic rings. The van der Waals surface area contributed by atoms with Crippen molar-refractivity contribution in [3.8, 4) is 5.75 Å². The average Bonchev–Trinajstić information content (AvgIpc) is 3.12. The lowest BCUT2D eigenvalue weighted by atomic mass is 9.81. The number of ketones is 1. The smallest absolute Gasteiger partial charge is 0.227 e. The molecule has 3 aliphatic rings. The van der Waals surface area contributed by atoms with E-state index in [-0.39, 0.29) is 23.5 Å². The Morgan fingerprint density at radius 2 is 1.94 bits per heavy atom. The highest BCUT2D eigenvalue weighted by molar-refractivity contribution is 6.32. The number of nitrogens with zero attached hydrogens (tertiary/aromatic N) is 3. The number of amides is 2. The van der Waals surface area contributed by atoms with Crippen molar-refractivity contribution in [1.29, 1.82) is 0 Å². The molecule has 1 unspecified atom stereocenters. The molecule has 180 valence electrons. The summed E-state index contributed by atoms with van der Waals surface area (Å²) in [6.45, 7) is 6.98. The second-order valence-electron chi connectivity index (χ2n) is 10.1.